The number of pyridine rings is 1. The quantitative estimate of drug-likeness (QED) is 0.818. The van der Waals surface area contributed by atoms with E-state index in [1.54, 1.807) is 0 Å². The number of carbonyl (C=O) groups excluding carboxylic acids is 1. The van der Waals surface area contributed by atoms with Gasteiger partial charge in [-0.15, -0.1) is 0 Å². The van der Waals surface area contributed by atoms with Gasteiger partial charge in [-0.3, -0.25) is 4.79 Å². The molecule has 1 unspecified atom stereocenters. The predicted molar refractivity (Wildman–Crippen MR) is 97.5 cm³/mol. The van der Waals surface area contributed by atoms with Crippen molar-refractivity contribution in [1.82, 2.24) is 9.29 Å². The summed E-state index contributed by atoms with van der Waals surface area (Å²) >= 11 is 0. The summed E-state index contributed by atoms with van der Waals surface area (Å²) in [5.41, 5.74) is 6.84. The first-order valence-electron chi connectivity index (χ1n) is 8.81. The largest absolute Gasteiger partial charge is 0.381 e. The molecule has 2 saturated heterocycles. The highest BCUT2D eigenvalue weighted by Crippen LogP contribution is 2.30. The molecule has 7 nitrogen and oxygen atoms in total. The molecule has 3 rings (SSSR count). The zero-order valence-corrected chi connectivity index (χ0v) is 15.5. The molecule has 25 heavy (non-hydrogen) atoms. The minimum atomic E-state index is -1.43. The van der Waals surface area contributed by atoms with Crippen LogP contribution in [-0.2, 0) is 26.9 Å². The fourth-order valence-corrected chi connectivity index (χ4v) is 5.03. The number of nitrogens with zero attached hydrogens (tertiary/aromatic N) is 3. The Morgan fingerprint density at radius 1 is 1.28 bits per heavy atom. The van der Waals surface area contributed by atoms with E-state index in [1.165, 1.54) is 5.56 Å². The molecule has 2 aliphatic heterocycles. The smallest absolute Gasteiger partial charge is 0.237 e. The van der Waals surface area contributed by atoms with Crippen LogP contribution in [0.2, 0.25) is 0 Å². The van der Waals surface area contributed by atoms with Crippen molar-refractivity contribution in [3.05, 3.63) is 23.9 Å². The molecule has 138 valence electrons. The van der Waals surface area contributed by atoms with Gasteiger partial charge in [0.2, 0.25) is 5.91 Å². The fourth-order valence-electron chi connectivity index (χ4n) is 3.35. The fraction of sp³-hybridized carbons (Fsp3) is 0.647. The zero-order valence-electron chi connectivity index (χ0n) is 14.6. The normalized spacial score (nSPS) is 22.5. The lowest BCUT2D eigenvalue weighted by Crippen LogP contribution is -2.58. The lowest BCUT2D eigenvalue weighted by atomic mass is 9.98. The number of hydrogen-bond acceptors (Lipinski definition) is 5. The van der Waals surface area contributed by atoms with Crippen molar-refractivity contribution in [3.8, 4) is 0 Å². The Morgan fingerprint density at radius 3 is 2.48 bits per heavy atom. The standard InChI is InChI=1S/C17H26N4O3S/c1-2-14-3-4-15(19-13-14)20-7-9-21(10-8-20)25(23)17(16(18)22)5-11-24-12-6-17/h3-4,13H,2,5-12H2,1H3,(H2,18,22). The number of primary amides is 1. The first kappa shape index (κ1) is 18.3. The number of carbonyl (C=O) groups is 1. The number of anilines is 1. The van der Waals surface area contributed by atoms with Gasteiger partial charge in [0.05, 0.1) is 0 Å². The number of aryl methyl sites for hydroxylation is 1. The number of hydrogen-bond donors (Lipinski definition) is 1. The number of piperazine rings is 1. The van der Waals surface area contributed by atoms with Crippen LogP contribution in [0.15, 0.2) is 18.3 Å². The van der Waals surface area contributed by atoms with Crippen molar-refractivity contribution in [2.45, 2.75) is 30.9 Å². The lowest BCUT2D eigenvalue weighted by molar-refractivity contribution is -0.122. The summed E-state index contributed by atoms with van der Waals surface area (Å²) in [7, 11) is -1.43. The number of nitrogens with two attached hydrogens (primary N) is 1. The molecule has 0 bridgehead atoms. The van der Waals surface area contributed by atoms with E-state index >= 15 is 0 Å². The van der Waals surface area contributed by atoms with Crippen LogP contribution >= 0.6 is 0 Å². The number of amides is 1. The first-order chi connectivity index (χ1) is 12.1. The predicted octanol–water partition coefficient (Wildman–Crippen LogP) is 0.464. The van der Waals surface area contributed by atoms with Crippen molar-refractivity contribution in [2.75, 3.05) is 44.3 Å². The van der Waals surface area contributed by atoms with Crippen LogP contribution in [-0.4, -0.2) is 63.5 Å². The molecule has 1 aromatic heterocycles. The number of rotatable bonds is 5. The van der Waals surface area contributed by atoms with Crippen molar-refractivity contribution in [2.24, 2.45) is 5.73 Å². The summed E-state index contributed by atoms with van der Waals surface area (Å²) in [6.45, 7) is 5.69. The summed E-state index contributed by atoms with van der Waals surface area (Å²) in [6, 6.07) is 4.13. The Bertz CT molecular complexity index is 623. The van der Waals surface area contributed by atoms with E-state index in [9.17, 15) is 9.00 Å². The van der Waals surface area contributed by atoms with Gasteiger partial charge in [-0.2, -0.15) is 0 Å². The van der Waals surface area contributed by atoms with Crippen molar-refractivity contribution < 1.29 is 13.7 Å². The van der Waals surface area contributed by atoms with Crippen LogP contribution in [0.25, 0.3) is 0 Å². The average Bonchev–Trinajstić information content (AvgIpc) is 2.68. The van der Waals surface area contributed by atoms with Gasteiger partial charge >= 0.3 is 0 Å². The summed E-state index contributed by atoms with van der Waals surface area (Å²) in [5.74, 6) is 0.465. The van der Waals surface area contributed by atoms with E-state index in [0.717, 1.165) is 25.3 Å². The van der Waals surface area contributed by atoms with Gasteiger partial charge in [0.1, 0.15) is 21.6 Å². The molecular weight excluding hydrogens is 340 g/mol. The molecule has 2 N–H and O–H groups in total. The van der Waals surface area contributed by atoms with Gasteiger partial charge in [-0.05, 0) is 30.9 Å². The van der Waals surface area contributed by atoms with Crippen LogP contribution in [0.1, 0.15) is 25.3 Å². The third-order valence-electron chi connectivity index (χ3n) is 5.10. The number of aromatic nitrogens is 1. The molecule has 2 fully saturated rings. The molecular formula is C17H26N4O3S. The van der Waals surface area contributed by atoms with Gasteiger partial charge in [0.15, 0.2) is 0 Å². The second-order valence-electron chi connectivity index (χ2n) is 6.51. The second-order valence-corrected chi connectivity index (χ2v) is 8.31. The van der Waals surface area contributed by atoms with Gasteiger partial charge < -0.3 is 15.4 Å². The molecule has 0 saturated carbocycles. The maximum absolute atomic E-state index is 13.1. The molecule has 8 heteroatoms. The van der Waals surface area contributed by atoms with Gasteiger partial charge in [-0.25, -0.2) is 13.5 Å². The molecule has 1 aromatic rings. The molecule has 0 spiro atoms. The minimum Gasteiger partial charge on any atom is -0.381 e. The Morgan fingerprint density at radius 2 is 1.96 bits per heavy atom. The maximum atomic E-state index is 13.1. The van der Waals surface area contributed by atoms with Crippen LogP contribution in [0.5, 0.6) is 0 Å². The maximum Gasteiger partial charge on any atom is 0.237 e. The Hall–Kier alpha value is -1.51. The van der Waals surface area contributed by atoms with E-state index in [0.29, 0.717) is 39.1 Å². The number of ether oxygens (including phenoxy) is 1. The van der Waals surface area contributed by atoms with Gasteiger partial charge in [0.25, 0.3) is 0 Å². The Labute approximate surface area is 151 Å². The van der Waals surface area contributed by atoms with E-state index in [-0.39, 0.29) is 0 Å². The molecule has 0 aromatic carbocycles. The summed E-state index contributed by atoms with van der Waals surface area (Å²) < 4.78 is 19.3. The van der Waals surface area contributed by atoms with Crippen LogP contribution < -0.4 is 10.6 Å². The van der Waals surface area contributed by atoms with E-state index in [4.69, 9.17) is 10.5 Å². The van der Waals surface area contributed by atoms with Crippen molar-refractivity contribution in [3.63, 3.8) is 0 Å². The topological polar surface area (TPSA) is 88.8 Å². The highest BCUT2D eigenvalue weighted by molar-refractivity contribution is 7.85. The third kappa shape index (κ3) is 3.70. The van der Waals surface area contributed by atoms with E-state index in [1.807, 2.05) is 16.6 Å². The highest BCUT2D eigenvalue weighted by Gasteiger charge is 2.47. The minimum absolute atomic E-state index is 0.426. The molecule has 2 aliphatic rings. The monoisotopic (exact) mass is 366 g/mol. The van der Waals surface area contributed by atoms with E-state index in [2.05, 4.69) is 22.9 Å². The zero-order chi connectivity index (χ0) is 17.9. The average molecular weight is 366 g/mol. The van der Waals surface area contributed by atoms with Crippen molar-refractivity contribution in [1.29, 1.82) is 0 Å². The molecule has 3 heterocycles. The third-order valence-corrected chi connectivity index (χ3v) is 7.21. The highest BCUT2D eigenvalue weighted by atomic mass is 32.2. The molecule has 1 atom stereocenters. The Kier molecular flexibility index (Phi) is 5.71. The Balaban J connectivity index is 1.64. The van der Waals surface area contributed by atoms with Crippen LogP contribution in [0, 0.1) is 0 Å². The summed E-state index contributed by atoms with van der Waals surface area (Å²) in [6.07, 6.45) is 3.73. The SMILES string of the molecule is CCc1ccc(N2CCN(S(=O)C3(C(N)=O)CCOCC3)CC2)nc1. The molecule has 0 aliphatic carbocycles. The van der Waals surface area contributed by atoms with Gasteiger partial charge in [-0.1, -0.05) is 13.0 Å². The van der Waals surface area contributed by atoms with Crippen LogP contribution in [0.3, 0.4) is 0 Å². The summed E-state index contributed by atoms with van der Waals surface area (Å²) in [4.78, 5) is 18.7. The summed E-state index contributed by atoms with van der Waals surface area (Å²) in [5, 5.41) is 0. The molecule has 1 amide bonds. The van der Waals surface area contributed by atoms with Gasteiger partial charge in [0, 0.05) is 45.6 Å². The lowest BCUT2D eigenvalue weighted by Gasteiger charge is -2.41. The first-order valence-corrected chi connectivity index (χ1v) is 9.92. The molecule has 0 radical (unpaired) electrons. The van der Waals surface area contributed by atoms with Crippen molar-refractivity contribution >= 4 is 22.7 Å². The van der Waals surface area contributed by atoms with Crippen LogP contribution in [0.4, 0.5) is 5.82 Å². The second kappa shape index (κ2) is 7.80. The van der Waals surface area contributed by atoms with E-state index < -0.39 is 21.6 Å².